The Morgan fingerprint density at radius 3 is 2.84 bits per heavy atom. The Kier molecular flexibility index (Phi) is 3.61. The highest BCUT2D eigenvalue weighted by molar-refractivity contribution is 7.89. The third-order valence-electron chi connectivity index (χ3n) is 2.97. The molecular weight excluding hydrogens is 274 g/mol. The van der Waals surface area contributed by atoms with Crippen LogP contribution in [0.1, 0.15) is 23.1 Å². The van der Waals surface area contributed by atoms with Crippen molar-refractivity contribution in [2.24, 2.45) is 0 Å². The minimum absolute atomic E-state index is 0.202. The molecule has 1 aliphatic rings. The Morgan fingerprint density at radius 2 is 2.26 bits per heavy atom. The Hall–Kier alpha value is -1.45. The highest BCUT2D eigenvalue weighted by Gasteiger charge is 2.37. The molecule has 2 heterocycles. The number of nitrogens with one attached hydrogen (secondary N) is 1. The molecule has 0 radical (unpaired) electrons. The summed E-state index contributed by atoms with van der Waals surface area (Å²) in [6.45, 7) is 3.98. The van der Waals surface area contributed by atoms with Gasteiger partial charge >= 0.3 is 5.97 Å². The maximum absolute atomic E-state index is 12.6. The second-order valence-corrected chi connectivity index (χ2v) is 6.20. The maximum atomic E-state index is 12.6. The van der Waals surface area contributed by atoms with E-state index in [-0.39, 0.29) is 23.2 Å². The average Bonchev–Trinajstić information content (AvgIpc) is 2.72. The van der Waals surface area contributed by atoms with Gasteiger partial charge in [-0.3, -0.25) is 5.10 Å². The van der Waals surface area contributed by atoms with Gasteiger partial charge in [-0.05, 0) is 13.8 Å². The van der Waals surface area contributed by atoms with Gasteiger partial charge in [-0.2, -0.15) is 9.40 Å². The zero-order valence-electron chi connectivity index (χ0n) is 10.6. The molecule has 0 aromatic carbocycles. The van der Waals surface area contributed by atoms with Gasteiger partial charge in [-0.1, -0.05) is 0 Å². The van der Waals surface area contributed by atoms with Crippen molar-refractivity contribution in [2.45, 2.75) is 24.8 Å². The summed E-state index contributed by atoms with van der Waals surface area (Å²) in [6.07, 6.45) is 0. The Bertz CT molecular complexity index is 594. The van der Waals surface area contributed by atoms with Crippen LogP contribution in [-0.4, -0.2) is 59.8 Å². The van der Waals surface area contributed by atoms with Crippen LogP contribution in [0.3, 0.4) is 0 Å². The molecule has 0 bridgehead atoms. The lowest BCUT2D eigenvalue weighted by atomic mass is 10.3. The number of hydrogen-bond acceptors (Lipinski definition) is 5. The molecule has 0 spiro atoms. The number of carboxylic acids is 1. The summed E-state index contributed by atoms with van der Waals surface area (Å²) < 4.78 is 31.5. The number of aromatic nitrogens is 2. The van der Waals surface area contributed by atoms with Crippen LogP contribution in [0.4, 0.5) is 0 Å². The van der Waals surface area contributed by atoms with Crippen molar-refractivity contribution in [3.8, 4) is 0 Å². The van der Waals surface area contributed by atoms with Crippen LogP contribution in [-0.2, 0) is 14.8 Å². The van der Waals surface area contributed by atoms with Gasteiger partial charge in [0.15, 0.2) is 5.69 Å². The zero-order chi connectivity index (χ0) is 14.2. The minimum Gasteiger partial charge on any atom is -0.476 e. The normalized spacial score (nSPS) is 21.5. The van der Waals surface area contributed by atoms with Gasteiger partial charge in [0.05, 0.1) is 18.9 Å². The molecule has 106 valence electrons. The van der Waals surface area contributed by atoms with Crippen LogP contribution in [0.15, 0.2) is 4.90 Å². The third-order valence-corrected chi connectivity index (χ3v) is 5.14. The SMILES string of the molecule is Cc1[nH]nc(C(=O)O)c1S(=O)(=O)N1CCOC[C@H]1C. The van der Waals surface area contributed by atoms with Crippen molar-refractivity contribution in [2.75, 3.05) is 19.8 Å². The first kappa shape index (κ1) is 14.0. The predicted molar refractivity (Wildman–Crippen MR) is 64.5 cm³/mol. The molecule has 1 aromatic rings. The first-order valence-corrected chi connectivity index (χ1v) is 7.17. The van der Waals surface area contributed by atoms with Crippen LogP contribution >= 0.6 is 0 Å². The summed E-state index contributed by atoms with van der Waals surface area (Å²) >= 11 is 0. The summed E-state index contributed by atoms with van der Waals surface area (Å²) in [5.41, 5.74) is -0.257. The molecule has 1 aliphatic heterocycles. The molecule has 1 fully saturated rings. The van der Waals surface area contributed by atoms with E-state index in [0.717, 1.165) is 0 Å². The molecule has 0 amide bonds. The molecule has 19 heavy (non-hydrogen) atoms. The highest BCUT2D eigenvalue weighted by atomic mass is 32.2. The van der Waals surface area contributed by atoms with E-state index in [1.165, 1.54) is 11.2 Å². The number of carbonyl (C=O) groups is 1. The predicted octanol–water partition coefficient (Wildman–Crippen LogP) is -0.174. The second kappa shape index (κ2) is 4.91. The van der Waals surface area contributed by atoms with Crippen LogP contribution in [0.5, 0.6) is 0 Å². The molecular formula is C10H15N3O5S. The lowest BCUT2D eigenvalue weighted by Gasteiger charge is -2.32. The van der Waals surface area contributed by atoms with Gasteiger partial charge in [0.2, 0.25) is 10.0 Å². The number of H-pyrrole nitrogens is 1. The standard InChI is InChI=1S/C10H15N3O5S/c1-6-5-18-4-3-13(6)19(16,17)9-7(2)11-12-8(9)10(14)15/h6H,3-5H2,1-2H3,(H,11,12)(H,14,15)/t6-/m1/s1. The summed E-state index contributed by atoms with van der Waals surface area (Å²) in [6, 6.07) is -0.338. The Labute approximate surface area is 110 Å². The van der Waals surface area contributed by atoms with E-state index >= 15 is 0 Å². The van der Waals surface area contributed by atoms with Crippen molar-refractivity contribution in [1.82, 2.24) is 14.5 Å². The van der Waals surface area contributed by atoms with Crippen LogP contribution in [0.25, 0.3) is 0 Å². The lowest BCUT2D eigenvalue weighted by molar-refractivity contribution is 0.0392. The van der Waals surface area contributed by atoms with E-state index in [4.69, 9.17) is 9.84 Å². The molecule has 2 rings (SSSR count). The van der Waals surface area contributed by atoms with Crippen molar-refractivity contribution in [1.29, 1.82) is 0 Å². The number of hydrogen-bond donors (Lipinski definition) is 2. The molecule has 8 nitrogen and oxygen atoms in total. The Balaban J connectivity index is 2.50. The van der Waals surface area contributed by atoms with Crippen LogP contribution < -0.4 is 0 Å². The van der Waals surface area contributed by atoms with Gasteiger partial charge in [-0.25, -0.2) is 13.2 Å². The summed E-state index contributed by atoms with van der Waals surface area (Å²) in [5, 5.41) is 15.0. The van der Waals surface area contributed by atoms with Crippen molar-refractivity contribution in [3.05, 3.63) is 11.4 Å². The zero-order valence-corrected chi connectivity index (χ0v) is 11.4. The van der Waals surface area contributed by atoms with Gasteiger partial charge in [0.1, 0.15) is 4.90 Å². The van der Waals surface area contributed by atoms with E-state index in [1.54, 1.807) is 6.92 Å². The summed E-state index contributed by atoms with van der Waals surface area (Å²) in [4.78, 5) is 10.8. The Morgan fingerprint density at radius 1 is 1.58 bits per heavy atom. The largest absolute Gasteiger partial charge is 0.476 e. The van der Waals surface area contributed by atoms with Crippen LogP contribution in [0.2, 0.25) is 0 Å². The van der Waals surface area contributed by atoms with Crippen molar-refractivity contribution >= 4 is 16.0 Å². The number of nitrogens with zero attached hydrogens (tertiary/aromatic N) is 2. The molecule has 1 saturated heterocycles. The summed E-state index contributed by atoms with van der Waals surface area (Å²) in [7, 11) is -3.90. The van der Waals surface area contributed by atoms with Gasteiger partial charge in [0, 0.05) is 12.6 Å². The number of aryl methyl sites for hydroxylation is 1. The molecule has 2 N–H and O–H groups in total. The number of sulfonamides is 1. The second-order valence-electron chi connectivity index (χ2n) is 4.37. The molecule has 0 unspecified atom stereocenters. The van der Waals surface area contributed by atoms with Crippen molar-refractivity contribution < 1.29 is 23.1 Å². The first-order chi connectivity index (χ1) is 8.85. The number of rotatable bonds is 3. The third kappa shape index (κ3) is 2.36. The number of carboxylic acid groups (broad SMARTS) is 1. The minimum atomic E-state index is -3.90. The fraction of sp³-hybridized carbons (Fsp3) is 0.600. The fourth-order valence-corrected chi connectivity index (χ4v) is 3.96. The van der Waals surface area contributed by atoms with Gasteiger partial charge in [-0.15, -0.1) is 0 Å². The number of aromatic amines is 1. The van der Waals surface area contributed by atoms with Crippen LogP contribution in [0, 0.1) is 6.92 Å². The molecule has 0 saturated carbocycles. The smallest absolute Gasteiger partial charge is 0.357 e. The topological polar surface area (TPSA) is 113 Å². The van der Waals surface area contributed by atoms with E-state index in [0.29, 0.717) is 13.2 Å². The molecule has 9 heteroatoms. The quantitative estimate of drug-likeness (QED) is 0.798. The van der Waals surface area contributed by atoms with E-state index in [2.05, 4.69) is 10.2 Å². The summed E-state index contributed by atoms with van der Waals surface area (Å²) in [5.74, 6) is -1.37. The average molecular weight is 289 g/mol. The van der Waals surface area contributed by atoms with E-state index < -0.39 is 21.7 Å². The van der Waals surface area contributed by atoms with Crippen molar-refractivity contribution in [3.63, 3.8) is 0 Å². The number of ether oxygens (including phenoxy) is 1. The van der Waals surface area contributed by atoms with E-state index in [1.807, 2.05) is 0 Å². The monoisotopic (exact) mass is 289 g/mol. The molecule has 1 aromatic heterocycles. The first-order valence-electron chi connectivity index (χ1n) is 5.73. The van der Waals surface area contributed by atoms with Gasteiger partial charge in [0.25, 0.3) is 0 Å². The highest BCUT2D eigenvalue weighted by Crippen LogP contribution is 2.25. The van der Waals surface area contributed by atoms with Gasteiger partial charge < -0.3 is 9.84 Å². The van der Waals surface area contributed by atoms with E-state index in [9.17, 15) is 13.2 Å². The molecule has 1 atom stereocenters. The lowest BCUT2D eigenvalue weighted by Crippen LogP contribution is -2.47. The fourth-order valence-electron chi connectivity index (χ4n) is 2.07. The number of aromatic carboxylic acids is 1. The number of morpholine rings is 1. The molecule has 0 aliphatic carbocycles. The maximum Gasteiger partial charge on any atom is 0.357 e.